The Bertz CT molecular complexity index is 377. The molecule has 1 aliphatic heterocycles. The molecule has 1 heterocycles. The van der Waals surface area contributed by atoms with Crippen molar-refractivity contribution < 1.29 is 5.11 Å². The third-order valence-electron chi connectivity index (χ3n) is 6.60. The van der Waals surface area contributed by atoms with Crippen molar-refractivity contribution in [3.8, 4) is 0 Å². The number of β-amino-alcohol motifs (C(OH)–C–C–N with tert-alkyl or cyclic N) is 1. The Kier molecular flexibility index (Phi) is 3.30. The summed E-state index contributed by atoms with van der Waals surface area (Å²) in [5, 5.41) is 9.22. The van der Waals surface area contributed by atoms with Crippen LogP contribution in [-0.2, 0) is 0 Å². The predicted octanol–water partition coefficient (Wildman–Crippen LogP) is 2.79. The SMILES string of the molecule is C=C1C2CN(CCO)CC3[C@@H]2[C@@H](C(C)C)CC[C@@]13C. The first-order valence-corrected chi connectivity index (χ1v) is 8.01. The maximum atomic E-state index is 9.22. The first-order chi connectivity index (χ1) is 8.99. The van der Waals surface area contributed by atoms with E-state index in [9.17, 15) is 5.11 Å². The van der Waals surface area contributed by atoms with Crippen molar-refractivity contribution in [3.05, 3.63) is 12.2 Å². The molecule has 0 spiro atoms. The van der Waals surface area contributed by atoms with Crippen LogP contribution in [-0.4, -0.2) is 36.2 Å². The second kappa shape index (κ2) is 4.60. The highest BCUT2D eigenvalue weighted by Gasteiger charge is 2.60. The van der Waals surface area contributed by atoms with Gasteiger partial charge in [0.15, 0.2) is 0 Å². The van der Waals surface area contributed by atoms with Gasteiger partial charge in [0.2, 0.25) is 0 Å². The molecule has 3 rings (SSSR count). The van der Waals surface area contributed by atoms with Gasteiger partial charge in [-0.3, -0.25) is 0 Å². The number of hydrogen-bond donors (Lipinski definition) is 1. The highest BCUT2D eigenvalue weighted by atomic mass is 16.3. The van der Waals surface area contributed by atoms with Gasteiger partial charge in [0.1, 0.15) is 0 Å². The minimum absolute atomic E-state index is 0.293. The van der Waals surface area contributed by atoms with E-state index in [4.69, 9.17) is 0 Å². The molecular formula is C17H29NO. The quantitative estimate of drug-likeness (QED) is 0.792. The van der Waals surface area contributed by atoms with E-state index in [0.29, 0.717) is 17.9 Å². The lowest BCUT2D eigenvalue weighted by atomic mass is 9.60. The molecule has 0 aromatic rings. The molecular weight excluding hydrogens is 234 g/mol. The molecule has 0 amide bonds. The van der Waals surface area contributed by atoms with E-state index < -0.39 is 0 Å². The Labute approximate surface area is 117 Å². The number of aliphatic hydroxyl groups is 1. The lowest BCUT2D eigenvalue weighted by Gasteiger charge is -2.49. The molecule has 19 heavy (non-hydrogen) atoms. The fraction of sp³-hybridized carbons (Fsp3) is 0.882. The lowest BCUT2D eigenvalue weighted by molar-refractivity contribution is -0.0113. The van der Waals surface area contributed by atoms with Gasteiger partial charge in [0, 0.05) is 19.6 Å². The molecule has 0 aromatic carbocycles. The van der Waals surface area contributed by atoms with Crippen molar-refractivity contribution in [2.24, 2.45) is 35.0 Å². The van der Waals surface area contributed by atoms with Crippen molar-refractivity contribution in [2.45, 2.75) is 33.6 Å². The summed E-state index contributed by atoms with van der Waals surface area (Å²) < 4.78 is 0. The first kappa shape index (κ1) is 13.6. The maximum Gasteiger partial charge on any atom is 0.0558 e. The fourth-order valence-electron chi connectivity index (χ4n) is 5.49. The zero-order chi connectivity index (χ0) is 13.8. The number of nitrogens with zero attached hydrogens (tertiary/aromatic N) is 1. The number of rotatable bonds is 3. The summed E-state index contributed by atoms with van der Waals surface area (Å²) in [5.74, 6) is 4.02. The van der Waals surface area contributed by atoms with E-state index in [2.05, 4.69) is 32.3 Å². The van der Waals surface area contributed by atoms with E-state index in [0.717, 1.165) is 36.8 Å². The van der Waals surface area contributed by atoms with Crippen molar-refractivity contribution >= 4 is 0 Å². The summed E-state index contributed by atoms with van der Waals surface area (Å²) in [4.78, 5) is 2.48. The van der Waals surface area contributed by atoms with Gasteiger partial charge in [-0.15, -0.1) is 0 Å². The van der Waals surface area contributed by atoms with Crippen molar-refractivity contribution in [1.29, 1.82) is 0 Å². The van der Waals surface area contributed by atoms with Crippen molar-refractivity contribution in [2.75, 3.05) is 26.2 Å². The van der Waals surface area contributed by atoms with Gasteiger partial charge in [0.05, 0.1) is 6.61 Å². The minimum Gasteiger partial charge on any atom is -0.395 e. The molecule has 0 aromatic heterocycles. The summed E-state index contributed by atoms with van der Waals surface area (Å²) in [6, 6.07) is 0. The number of hydrogen-bond acceptors (Lipinski definition) is 2. The van der Waals surface area contributed by atoms with Gasteiger partial charge < -0.3 is 10.0 Å². The van der Waals surface area contributed by atoms with Gasteiger partial charge in [-0.2, -0.15) is 0 Å². The summed E-state index contributed by atoms with van der Waals surface area (Å²) in [7, 11) is 0. The Morgan fingerprint density at radius 3 is 2.79 bits per heavy atom. The van der Waals surface area contributed by atoms with E-state index in [-0.39, 0.29) is 0 Å². The van der Waals surface area contributed by atoms with Crippen LogP contribution in [0.1, 0.15) is 33.6 Å². The predicted molar refractivity (Wildman–Crippen MR) is 78.8 cm³/mol. The summed E-state index contributed by atoms with van der Waals surface area (Å²) in [6.45, 7) is 15.2. The molecule has 3 aliphatic rings. The second-order valence-corrected chi connectivity index (χ2v) is 7.66. The lowest BCUT2D eigenvalue weighted by Crippen LogP contribution is -2.50. The molecule has 0 radical (unpaired) electrons. The van der Waals surface area contributed by atoms with Crippen LogP contribution in [0.3, 0.4) is 0 Å². The van der Waals surface area contributed by atoms with Crippen LogP contribution in [0, 0.1) is 35.0 Å². The van der Waals surface area contributed by atoms with Crippen LogP contribution >= 0.6 is 0 Å². The molecule has 2 aliphatic carbocycles. The van der Waals surface area contributed by atoms with Crippen LogP contribution in [0.25, 0.3) is 0 Å². The maximum absolute atomic E-state index is 9.22. The normalized spacial score (nSPS) is 46.1. The highest BCUT2D eigenvalue weighted by Crippen LogP contribution is 2.65. The zero-order valence-electron chi connectivity index (χ0n) is 12.7. The van der Waals surface area contributed by atoms with Crippen LogP contribution in [0.2, 0.25) is 0 Å². The van der Waals surface area contributed by atoms with Gasteiger partial charge >= 0.3 is 0 Å². The molecule has 2 saturated carbocycles. The molecule has 2 nitrogen and oxygen atoms in total. The fourth-order valence-corrected chi connectivity index (χ4v) is 5.49. The van der Waals surface area contributed by atoms with Gasteiger partial charge in [-0.1, -0.05) is 32.9 Å². The summed E-state index contributed by atoms with van der Waals surface area (Å²) >= 11 is 0. The van der Waals surface area contributed by atoms with Crippen LogP contribution in [0.5, 0.6) is 0 Å². The van der Waals surface area contributed by atoms with Gasteiger partial charge in [-0.25, -0.2) is 0 Å². The van der Waals surface area contributed by atoms with Crippen LogP contribution in [0.4, 0.5) is 0 Å². The van der Waals surface area contributed by atoms with E-state index in [1.54, 1.807) is 0 Å². The first-order valence-electron chi connectivity index (χ1n) is 8.01. The molecule has 4 bridgehead atoms. The summed E-state index contributed by atoms with van der Waals surface area (Å²) in [6.07, 6.45) is 2.73. The van der Waals surface area contributed by atoms with E-state index in [1.165, 1.54) is 25.0 Å². The molecule has 2 unspecified atom stereocenters. The van der Waals surface area contributed by atoms with E-state index in [1.807, 2.05) is 0 Å². The number of aliphatic hydroxyl groups excluding tert-OH is 1. The molecule has 1 saturated heterocycles. The van der Waals surface area contributed by atoms with Crippen molar-refractivity contribution in [3.63, 3.8) is 0 Å². The Hall–Kier alpha value is -0.340. The monoisotopic (exact) mass is 263 g/mol. The molecule has 5 atom stereocenters. The van der Waals surface area contributed by atoms with E-state index >= 15 is 0 Å². The Morgan fingerprint density at radius 1 is 1.42 bits per heavy atom. The molecule has 3 fully saturated rings. The number of likely N-dealkylation sites (tertiary alicyclic amines) is 1. The molecule has 108 valence electrons. The van der Waals surface area contributed by atoms with Crippen LogP contribution < -0.4 is 0 Å². The van der Waals surface area contributed by atoms with Crippen LogP contribution in [0.15, 0.2) is 12.2 Å². The second-order valence-electron chi connectivity index (χ2n) is 7.66. The molecule has 2 heteroatoms. The van der Waals surface area contributed by atoms with Crippen molar-refractivity contribution in [1.82, 2.24) is 4.90 Å². The minimum atomic E-state index is 0.293. The van der Waals surface area contributed by atoms with Gasteiger partial charge in [0.25, 0.3) is 0 Å². The smallest absolute Gasteiger partial charge is 0.0558 e. The molecule has 1 N–H and O–H groups in total. The number of piperidine rings is 1. The average Bonchev–Trinajstić information content (AvgIpc) is 2.48. The average molecular weight is 263 g/mol. The highest BCUT2D eigenvalue weighted by molar-refractivity contribution is 5.29. The Morgan fingerprint density at radius 2 is 2.16 bits per heavy atom. The Balaban J connectivity index is 1.91. The zero-order valence-corrected chi connectivity index (χ0v) is 12.7. The van der Waals surface area contributed by atoms with Gasteiger partial charge in [-0.05, 0) is 47.8 Å². The summed E-state index contributed by atoms with van der Waals surface area (Å²) in [5.41, 5.74) is 1.91. The third-order valence-corrected chi connectivity index (χ3v) is 6.60. The largest absolute Gasteiger partial charge is 0.395 e. The topological polar surface area (TPSA) is 23.5 Å². The standard InChI is InChI=1S/C17H29NO/c1-11(2)13-5-6-17(4)12(3)14-9-18(7-8-19)10-15(17)16(13)14/h11,13-16,19H,3,5-10H2,1-2,4H3/t13-,14?,15?,16-,17+/m1/s1. The third kappa shape index (κ3) is 1.83.